The first-order valence-electron chi connectivity index (χ1n) is 6.82. The van der Waals surface area contributed by atoms with E-state index in [4.69, 9.17) is 5.73 Å². The van der Waals surface area contributed by atoms with Gasteiger partial charge in [-0.1, -0.05) is 29.4 Å². The third kappa shape index (κ3) is 2.98. The molecule has 0 unspecified atom stereocenters. The molecule has 2 N–H and O–H groups in total. The lowest BCUT2D eigenvalue weighted by atomic mass is 9.99. The maximum absolute atomic E-state index is 11.9. The van der Waals surface area contributed by atoms with Gasteiger partial charge in [0.1, 0.15) is 0 Å². The number of hydrogen-bond acceptors (Lipinski definition) is 3. The summed E-state index contributed by atoms with van der Waals surface area (Å²) in [6.45, 7) is 0. The number of hydrogen-bond donors (Lipinski definition) is 1. The van der Waals surface area contributed by atoms with Crippen molar-refractivity contribution in [3.63, 3.8) is 0 Å². The number of azo groups is 1. The maximum Gasteiger partial charge on any atom is 0.357 e. The van der Waals surface area contributed by atoms with Crippen LogP contribution in [0.5, 0.6) is 0 Å². The van der Waals surface area contributed by atoms with Crippen molar-refractivity contribution in [2.45, 2.75) is 0 Å². The first kappa shape index (κ1) is 14.6. The standard InChI is InChI=1S/C16H13N5O2/c1-21-9-12(8-18-21)13-4-2-3-10-7-11(5-6-14(10)13)15(22)19-20-16(17)23/h2-9H,1H3,(H2,17,23). The summed E-state index contributed by atoms with van der Waals surface area (Å²) in [5, 5.41) is 12.4. The number of carbonyl (C=O) groups is 2. The van der Waals surface area contributed by atoms with Gasteiger partial charge in [0, 0.05) is 24.4 Å². The Labute approximate surface area is 131 Å². The second-order valence-electron chi connectivity index (χ2n) is 4.99. The third-order valence-corrected chi connectivity index (χ3v) is 3.38. The van der Waals surface area contributed by atoms with Crippen LogP contribution in [0, 0.1) is 0 Å². The van der Waals surface area contributed by atoms with Crippen LogP contribution in [0.4, 0.5) is 4.79 Å². The van der Waals surface area contributed by atoms with Gasteiger partial charge in [-0.25, -0.2) is 4.79 Å². The number of urea groups is 1. The quantitative estimate of drug-likeness (QED) is 0.736. The van der Waals surface area contributed by atoms with Crippen LogP contribution in [-0.4, -0.2) is 21.7 Å². The van der Waals surface area contributed by atoms with E-state index in [1.807, 2.05) is 37.5 Å². The Morgan fingerprint density at radius 1 is 1.17 bits per heavy atom. The molecule has 0 radical (unpaired) electrons. The number of aromatic nitrogens is 2. The number of aryl methyl sites for hydroxylation is 1. The van der Waals surface area contributed by atoms with Crippen molar-refractivity contribution >= 4 is 22.7 Å². The van der Waals surface area contributed by atoms with Crippen LogP contribution in [0.1, 0.15) is 10.4 Å². The normalized spacial score (nSPS) is 11.2. The first-order valence-corrected chi connectivity index (χ1v) is 6.82. The highest BCUT2D eigenvalue weighted by molar-refractivity contribution is 6.03. The molecular weight excluding hydrogens is 294 g/mol. The number of amides is 3. The molecule has 0 atom stereocenters. The van der Waals surface area contributed by atoms with Gasteiger partial charge in [0.25, 0.3) is 5.91 Å². The summed E-state index contributed by atoms with van der Waals surface area (Å²) in [5.41, 5.74) is 7.19. The molecule has 2 aromatic carbocycles. The molecule has 3 rings (SSSR count). The summed E-state index contributed by atoms with van der Waals surface area (Å²) in [5.74, 6) is -0.613. The summed E-state index contributed by atoms with van der Waals surface area (Å²) in [6, 6.07) is 9.99. The molecular formula is C16H13N5O2. The van der Waals surface area contributed by atoms with E-state index in [1.54, 1.807) is 23.0 Å². The lowest BCUT2D eigenvalue weighted by Crippen LogP contribution is -2.04. The summed E-state index contributed by atoms with van der Waals surface area (Å²) >= 11 is 0. The van der Waals surface area contributed by atoms with Gasteiger partial charge in [-0.3, -0.25) is 9.48 Å². The van der Waals surface area contributed by atoms with Crippen LogP contribution in [0.2, 0.25) is 0 Å². The van der Waals surface area contributed by atoms with Gasteiger partial charge in [-0.2, -0.15) is 5.10 Å². The minimum Gasteiger partial charge on any atom is -0.348 e. The largest absolute Gasteiger partial charge is 0.357 e. The summed E-state index contributed by atoms with van der Waals surface area (Å²) in [6.07, 6.45) is 3.71. The van der Waals surface area contributed by atoms with Crippen molar-refractivity contribution in [3.8, 4) is 11.1 Å². The van der Waals surface area contributed by atoms with Crippen molar-refractivity contribution in [1.82, 2.24) is 9.78 Å². The number of carbonyl (C=O) groups excluding carboxylic acids is 2. The van der Waals surface area contributed by atoms with Crippen molar-refractivity contribution in [3.05, 3.63) is 54.4 Å². The number of nitrogens with two attached hydrogens (primary N) is 1. The Hall–Kier alpha value is -3.35. The predicted octanol–water partition coefficient (Wildman–Crippen LogP) is 2.91. The summed E-state index contributed by atoms with van der Waals surface area (Å²) < 4.78 is 1.73. The number of rotatable bonds is 2. The van der Waals surface area contributed by atoms with E-state index in [0.717, 1.165) is 21.9 Å². The molecule has 7 heteroatoms. The molecule has 0 saturated carbocycles. The second-order valence-corrected chi connectivity index (χ2v) is 4.99. The zero-order valence-corrected chi connectivity index (χ0v) is 12.3. The van der Waals surface area contributed by atoms with E-state index in [-0.39, 0.29) is 0 Å². The van der Waals surface area contributed by atoms with Crippen molar-refractivity contribution in [1.29, 1.82) is 0 Å². The van der Waals surface area contributed by atoms with Crippen LogP contribution >= 0.6 is 0 Å². The molecule has 0 spiro atoms. The molecule has 3 aromatic rings. The minimum absolute atomic E-state index is 0.339. The zero-order chi connectivity index (χ0) is 16.4. The van der Waals surface area contributed by atoms with Crippen LogP contribution in [-0.2, 0) is 7.05 Å². The summed E-state index contributed by atoms with van der Waals surface area (Å²) in [7, 11) is 1.86. The molecule has 1 aromatic heterocycles. The van der Waals surface area contributed by atoms with E-state index in [2.05, 4.69) is 15.3 Å². The minimum atomic E-state index is -1.00. The molecule has 114 valence electrons. The fourth-order valence-electron chi connectivity index (χ4n) is 2.38. The zero-order valence-electron chi connectivity index (χ0n) is 12.3. The monoisotopic (exact) mass is 307 g/mol. The topological polar surface area (TPSA) is 103 Å². The predicted molar refractivity (Wildman–Crippen MR) is 84.9 cm³/mol. The van der Waals surface area contributed by atoms with E-state index in [0.29, 0.717) is 5.56 Å². The molecule has 1 heterocycles. The Morgan fingerprint density at radius 3 is 2.70 bits per heavy atom. The van der Waals surface area contributed by atoms with E-state index < -0.39 is 11.9 Å². The highest BCUT2D eigenvalue weighted by atomic mass is 16.2. The van der Waals surface area contributed by atoms with Gasteiger partial charge in [0.05, 0.1) is 6.20 Å². The maximum atomic E-state index is 11.9. The van der Waals surface area contributed by atoms with Crippen molar-refractivity contribution in [2.24, 2.45) is 23.0 Å². The van der Waals surface area contributed by atoms with Crippen LogP contribution < -0.4 is 5.73 Å². The van der Waals surface area contributed by atoms with Gasteiger partial charge in [-0.05, 0) is 28.5 Å². The molecule has 0 aliphatic heterocycles. The molecule has 0 fully saturated rings. The molecule has 0 bridgehead atoms. The highest BCUT2D eigenvalue weighted by Gasteiger charge is 2.09. The number of fused-ring (bicyclic) bond motifs is 1. The van der Waals surface area contributed by atoms with Crippen LogP contribution in [0.15, 0.2) is 59.0 Å². The molecule has 0 aliphatic carbocycles. The number of benzene rings is 2. The lowest BCUT2D eigenvalue weighted by molar-refractivity contribution is 0.0994. The van der Waals surface area contributed by atoms with E-state index in [1.165, 1.54) is 0 Å². The molecule has 7 nitrogen and oxygen atoms in total. The van der Waals surface area contributed by atoms with Gasteiger partial charge >= 0.3 is 6.03 Å². The van der Waals surface area contributed by atoms with Crippen LogP contribution in [0.25, 0.3) is 21.9 Å². The number of nitrogens with zero attached hydrogens (tertiary/aromatic N) is 4. The average molecular weight is 307 g/mol. The van der Waals surface area contributed by atoms with Gasteiger partial charge < -0.3 is 5.73 Å². The van der Waals surface area contributed by atoms with Gasteiger partial charge in [0.2, 0.25) is 0 Å². The molecule has 0 saturated heterocycles. The van der Waals surface area contributed by atoms with Crippen molar-refractivity contribution < 1.29 is 9.59 Å². The van der Waals surface area contributed by atoms with E-state index in [9.17, 15) is 9.59 Å². The Kier molecular flexibility index (Phi) is 3.68. The molecule has 0 aliphatic rings. The molecule has 23 heavy (non-hydrogen) atoms. The van der Waals surface area contributed by atoms with Crippen LogP contribution in [0.3, 0.4) is 0 Å². The average Bonchev–Trinajstić information content (AvgIpc) is 2.97. The third-order valence-electron chi connectivity index (χ3n) is 3.38. The molecule has 3 amide bonds. The fraction of sp³-hybridized carbons (Fsp3) is 0.0625. The fourth-order valence-corrected chi connectivity index (χ4v) is 2.38. The first-order chi connectivity index (χ1) is 11.0. The van der Waals surface area contributed by atoms with E-state index >= 15 is 0 Å². The second kappa shape index (κ2) is 5.80. The smallest absolute Gasteiger partial charge is 0.348 e. The van der Waals surface area contributed by atoms with Gasteiger partial charge in [-0.15, -0.1) is 5.11 Å². The Balaban J connectivity index is 2.05. The lowest BCUT2D eigenvalue weighted by Gasteiger charge is -2.05. The summed E-state index contributed by atoms with van der Waals surface area (Å²) in [4.78, 5) is 22.4. The number of primary amides is 1. The van der Waals surface area contributed by atoms with Gasteiger partial charge in [0.15, 0.2) is 0 Å². The SMILES string of the molecule is Cn1cc(-c2cccc3cc(C(=O)N=NC(N)=O)ccc23)cn1. The van der Waals surface area contributed by atoms with Crippen molar-refractivity contribution in [2.75, 3.05) is 0 Å². The highest BCUT2D eigenvalue weighted by Crippen LogP contribution is 2.29. The Morgan fingerprint density at radius 2 is 2.00 bits per heavy atom. The Bertz CT molecular complexity index is 943.